The Labute approximate surface area is 172 Å². The molecule has 0 radical (unpaired) electrons. The van der Waals surface area contributed by atoms with Crippen LogP contribution in [0.1, 0.15) is 26.5 Å². The number of aromatic nitrogens is 1. The Balaban J connectivity index is 1.85. The van der Waals surface area contributed by atoms with Crippen molar-refractivity contribution in [2.45, 2.75) is 11.9 Å². The van der Waals surface area contributed by atoms with E-state index in [1.54, 1.807) is 0 Å². The van der Waals surface area contributed by atoms with Crippen molar-refractivity contribution in [3.8, 4) is 17.6 Å². The standard InChI is InChI=1S/C20H16N2O5S2/c1-13-5-3-4-6-14(13)8-10-18-21-19(12-28-18)29(25,26)22-16-9-7-15(20(23)24)11-17(16)27-2/h3-7,9,11-12,22H,1-2H3,(H,23,24). The summed E-state index contributed by atoms with van der Waals surface area (Å²) in [6.45, 7) is 1.94. The summed E-state index contributed by atoms with van der Waals surface area (Å²) in [6.07, 6.45) is 0. The fourth-order valence-electron chi connectivity index (χ4n) is 2.38. The Hall–Kier alpha value is -3.35. The zero-order chi connectivity index (χ0) is 21.0. The molecule has 3 aromatic rings. The van der Waals surface area contributed by atoms with Gasteiger partial charge >= 0.3 is 5.97 Å². The number of methoxy groups -OCH3 is 1. The van der Waals surface area contributed by atoms with E-state index < -0.39 is 16.0 Å². The molecule has 29 heavy (non-hydrogen) atoms. The molecule has 0 fully saturated rings. The number of nitrogens with one attached hydrogen (secondary N) is 1. The topological polar surface area (TPSA) is 106 Å². The third kappa shape index (κ3) is 4.74. The fourth-order valence-corrected chi connectivity index (χ4v) is 4.39. The molecule has 0 bridgehead atoms. The van der Waals surface area contributed by atoms with Crippen molar-refractivity contribution in [2.24, 2.45) is 0 Å². The maximum Gasteiger partial charge on any atom is 0.335 e. The van der Waals surface area contributed by atoms with Gasteiger partial charge in [0, 0.05) is 10.9 Å². The average molecular weight is 428 g/mol. The predicted molar refractivity (Wildman–Crippen MR) is 110 cm³/mol. The van der Waals surface area contributed by atoms with Crippen molar-refractivity contribution < 1.29 is 23.1 Å². The lowest BCUT2D eigenvalue weighted by atomic mass is 10.1. The van der Waals surface area contributed by atoms with Crippen LogP contribution in [0.3, 0.4) is 0 Å². The third-order valence-electron chi connectivity index (χ3n) is 3.90. The zero-order valence-electron chi connectivity index (χ0n) is 15.5. The minimum absolute atomic E-state index is 0.0211. The number of carbonyl (C=O) groups is 1. The molecule has 0 atom stereocenters. The number of anilines is 1. The number of carboxylic acids is 1. The third-order valence-corrected chi connectivity index (χ3v) is 6.06. The minimum Gasteiger partial charge on any atom is -0.495 e. The highest BCUT2D eigenvalue weighted by atomic mass is 32.2. The number of hydrogen-bond donors (Lipinski definition) is 2. The van der Waals surface area contributed by atoms with Crippen LogP contribution < -0.4 is 9.46 Å². The fraction of sp³-hybridized carbons (Fsp3) is 0.100. The summed E-state index contributed by atoms with van der Waals surface area (Å²) in [7, 11) is -2.67. The molecule has 0 amide bonds. The lowest BCUT2D eigenvalue weighted by Gasteiger charge is -2.11. The number of hydrogen-bond acceptors (Lipinski definition) is 6. The van der Waals surface area contributed by atoms with Crippen LogP contribution in [0.4, 0.5) is 5.69 Å². The molecule has 148 valence electrons. The van der Waals surface area contributed by atoms with E-state index in [1.807, 2.05) is 31.2 Å². The van der Waals surface area contributed by atoms with Gasteiger partial charge in [-0.05, 0) is 42.7 Å². The molecule has 1 aromatic heterocycles. The van der Waals surface area contributed by atoms with Crippen LogP contribution in [0.15, 0.2) is 52.9 Å². The molecule has 0 saturated heterocycles. The van der Waals surface area contributed by atoms with Crippen LogP contribution in [0, 0.1) is 18.8 Å². The average Bonchev–Trinajstić information content (AvgIpc) is 3.17. The molecular weight excluding hydrogens is 412 g/mol. The van der Waals surface area contributed by atoms with E-state index in [4.69, 9.17) is 9.84 Å². The van der Waals surface area contributed by atoms with Crippen molar-refractivity contribution in [2.75, 3.05) is 11.8 Å². The maximum atomic E-state index is 12.6. The van der Waals surface area contributed by atoms with E-state index in [0.717, 1.165) is 22.5 Å². The number of aromatic carboxylic acids is 1. The van der Waals surface area contributed by atoms with Crippen molar-refractivity contribution in [3.05, 3.63) is 69.5 Å². The van der Waals surface area contributed by atoms with E-state index in [0.29, 0.717) is 5.01 Å². The molecule has 0 unspecified atom stereocenters. The highest BCUT2D eigenvalue weighted by molar-refractivity contribution is 7.92. The van der Waals surface area contributed by atoms with Crippen molar-refractivity contribution in [1.29, 1.82) is 0 Å². The lowest BCUT2D eigenvalue weighted by Crippen LogP contribution is -2.14. The summed E-state index contributed by atoms with van der Waals surface area (Å²) < 4.78 is 32.7. The number of aryl methyl sites for hydroxylation is 1. The van der Waals surface area contributed by atoms with Gasteiger partial charge in [0.25, 0.3) is 10.0 Å². The van der Waals surface area contributed by atoms with Crippen molar-refractivity contribution >= 4 is 33.0 Å². The van der Waals surface area contributed by atoms with Gasteiger partial charge in [-0.25, -0.2) is 9.78 Å². The number of sulfonamides is 1. The summed E-state index contributed by atoms with van der Waals surface area (Å²) >= 11 is 1.12. The van der Waals surface area contributed by atoms with Gasteiger partial charge in [0.2, 0.25) is 0 Å². The molecule has 2 N–H and O–H groups in total. The molecule has 1 heterocycles. The van der Waals surface area contributed by atoms with Gasteiger partial charge < -0.3 is 9.84 Å². The molecule has 3 rings (SSSR count). The van der Waals surface area contributed by atoms with Crippen molar-refractivity contribution in [1.82, 2.24) is 4.98 Å². The van der Waals surface area contributed by atoms with Gasteiger partial charge in [0.15, 0.2) is 10.0 Å². The Morgan fingerprint density at radius 2 is 1.97 bits per heavy atom. The lowest BCUT2D eigenvalue weighted by molar-refractivity contribution is 0.0696. The predicted octanol–water partition coefficient (Wildman–Crippen LogP) is 3.36. The summed E-state index contributed by atoms with van der Waals surface area (Å²) in [4.78, 5) is 15.1. The van der Waals surface area contributed by atoms with E-state index in [2.05, 4.69) is 21.5 Å². The first-order chi connectivity index (χ1) is 13.8. The Kier molecular flexibility index (Phi) is 5.87. The number of rotatable bonds is 5. The molecule has 2 aromatic carbocycles. The van der Waals surface area contributed by atoms with Crippen LogP contribution in [0.5, 0.6) is 5.75 Å². The quantitative estimate of drug-likeness (QED) is 0.604. The minimum atomic E-state index is -4.00. The largest absolute Gasteiger partial charge is 0.495 e. The van der Waals surface area contributed by atoms with Gasteiger partial charge in [-0.1, -0.05) is 24.1 Å². The van der Waals surface area contributed by atoms with E-state index >= 15 is 0 Å². The number of ether oxygens (including phenoxy) is 1. The van der Waals surface area contributed by atoms with Crippen LogP contribution in [0.2, 0.25) is 0 Å². The molecule has 0 spiro atoms. The van der Waals surface area contributed by atoms with Crippen LogP contribution >= 0.6 is 11.3 Å². The smallest absolute Gasteiger partial charge is 0.335 e. The summed E-state index contributed by atoms with van der Waals surface area (Å²) in [5, 5.41) is 10.6. The Bertz CT molecular complexity index is 1240. The molecular formula is C20H16N2O5S2. The highest BCUT2D eigenvalue weighted by Gasteiger charge is 2.20. The first kappa shape index (κ1) is 20.4. The summed E-state index contributed by atoms with van der Waals surface area (Å²) in [6, 6.07) is 11.4. The van der Waals surface area contributed by atoms with Crippen molar-refractivity contribution in [3.63, 3.8) is 0 Å². The van der Waals surface area contributed by atoms with Gasteiger partial charge in [-0.3, -0.25) is 4.72 Å². The SMILES string of the molecule is COc1cc(C(=O)O)ccc1NS(=O)(=O)c1csc(C#Cc2ccccc2C)n1. The second-order valence-electron chi connectivity index (χ2n) is 5.88. The molecule has 7 nitrogen and oxygen atoms in total. The summed E-state index contributed by atoms with van der Waals surface area (Å²) in [5.41, 5.74) is 1.95. The van der Waals surface area contributed by atoms with E-state index in [9.17, 15) is 13.2 Å². The number of thiazole rings is 1. The first-order valence-corrected chi connectivity index (χ1v) is 10.6. The second kappa shape index (κ2) is 8.34. The van der Waals surface area contributed by atoms with Gasteiger partial charge in [-0.15, -0.1) is 11.3 Å². The zero-order valence-corrected chi connectivity index (χ0v) is 17.1. The highest BCUT2D eigenvalue weighted by Crippen LogP contribution is 2.28. The number of carboxylic acid groups (broad SMARTS) is 1. The molecule has 0 aliphatic rings. The normalized spacial score (nSPS) is 10.7. The molecule has 0 aliphatic carbocycles. The monoisotopic (exact) mass is 428 g/mol. The first-order valence-electron chi connectivity index (χ1n) is 8.27. The molecule has 9 heteroatoms. The Morgan fingerprint density at radius 1 is 1.21 bits per heavy atom. The van der Waals surface area contributed by atoms with E-state index in [1.165, 1.54) is 30.7 Å². The van der Waals surface area contributed by atoms with Gasteiger partial charge in [-0.2, -0.15) is 8.42 Å². The number of benzene rings is 2. The Morgan fingerprint density at radius 3 is 2.66 bits per heavy atom. The summed E-state index contributed by atoms with van der Waals surface area (Å²) in [5.74, 6) is 4.80. The molecule has 0 aliphatic heterocycles. The molecule has 0 saturated carbocycles. The van der Waals surface area contributed by atoms with Crippen LogP contribution in [-0.4, -0.2) is 31.6 Å². The van der Waals surface area contributed by atoms with E-state index in [-0.39, 0.29) is 22.0 Å². The van der Waals surface area contributed by atoms with Crippen LogP contribution in [-0.2, 0) is 10.0 Å². The number of nitrogens with zero attached hydrogens (tertiary/aromatic N) is 1. The van der Waals surface area contributed by atoms with Crippen LogP contribution in [0.25, 0.3) is 0 Å². The van der Waals surface area contributed by atoms with Gasteiger partial charge in [0.1, 0.15) is 5.75 Å². The van der Waals surface area contributed by atoms with Gasteiger partial charge in [0.05, 0.1) is 18.4 Å². The second-order valence-corrected chi connectivity index (χ2v) is 8.37. The maximum absolute atomic E-state index is 12.6.